The Balaban J connectivity index is 0.00000199. The number of amides is 3. The van der Waals surface area contributed by atoms with E-state index in [0.29, 0.717) is 19.5 Å². The van der Waals surface area contributed by atoms with Gasteiger partial charge in [-0.15, -0.1) is 11.3 Å². The van der Waals surface area contributed by atoms with Gasteiger partial charge in [-0.2, -0.15) is 0 Å². The largest absolute Gasteiger partial charge is 0.350 e. The van der Waals surface area contributed by atoms with Crippen molar-refractivity contribution in [1.82, 2.24) is 20.5 Å². The smallest absolute Gasteiger partial charge is 0.246 e. The van der Waals surface area contributed by atoms with Crippen LogP contribution in [0.15, 0.2) is 29.8 Å². The van der Waals surface area contributed by atoms with Crippen molar-refractivity contribution < 1.29 is 14.4 Å². The molecule has 2 atom stereocenters. The van der Waals surface area contributed by atoms with Gasteiger partial charge in [0.15, 0.2) is 0 Å². The average Bonchev–Trinajstić information content (AvgIpc) is 3.45. The summed E-state index contributed by atoms with van der Waals surface area (Å²) < 4.78 is 0. The fourth-order valence-electron chi connectivity index (χ4n) is 3.98. The van der Waals surface area contributed by atoms with Gasteiger partial charge in [-0.05, 0) is 36.3 Å². The maximum absolute atomic E-state index is 13.2. The molecule has 1 fully saturated rings. The van der Waals surface area contributed by atoms with Crippen LogP contribution in [0.3, 0.4) is 0 Å². The Bertz CT molecular complexity index is 979. The first-order chi connectivity index (χ1) is 16.1. The number of nitrogens with zero attached hydrogens (tertiary/aromatic N) is 2. The van der Waals surface area contributed by atoms with Crippen LogP contribution in [-0.2, 0) is 20.9 Å². The third kappa shape index (κ3) is 6.88. The van der Waals surface area contributed by atoms with Gasteiger partial charge in [0.05, 0.1) is 16.1 Å². The second kappa shape index (κ2) is 12.1. The number of aryl methyl sites for hydroxylation is 1. The summed E-state index contributed by atoms with van der Waals surface area (Å²) in [4.78, 5) is 44.9. The minimum atomic E-state index is -0.670. The van der Waals surface area contributed by atoms with E-state index in [1.807, 2.05) is 71.3 Å². The minimum Gasteiger partial charge on any atom is -0.350 e. The van der Waals surface area contributed by atoms with Gasteiger partial charge in [0.1, 0.15) is 12.1 Å². The first kappa shape index (κ1) is 27.5. The van der Waals surface area contributed by atoms with Crippen LogP contribution in [0.4, 0.5) is 0 Å². The zero-order chi connectivity index (χ0) is 25.5. The fraction of sp³-hybridized carbons (Fsp3) is 0.538. The summed E-state index contributed by atoms with van der Waals surface area (Å²) in [6.45, 7) is 14.0. The highest BCUT2D eigenvalue weighted by Crippen LogP contribution is 2.28. The third-order valence-corrected chi connectivity index (χ3v) is 6.71. The van der Waals surface area contributed by atoms with Crippen molar-refractivity contribution in [3.8, 4) is 10.4 Å². The molecule has 0 aliphatic carbocycles. The van der Waals surface area contributed by atoms with Gasteiger partial charge in [-0.25, -0.2) is 4.98 Å². The lowest BCUT2D eigenvalue weighted by Crippen LogP contribution is -2.57. The van der Waals surface area contributed by atoms with Gasteiger partial charge in [-0.1, -0.05) is 58.9 Å². The number of aromatic nitrogens is 1. The van der Waals surface area contributed by atoms with Crippen LogP contribution in [0.2, 0.25) is 0 Å². The average molecular weight is 487 g/mol. The summed E-state index contributed by atoms with van der Waals surface area (Å²) in [6, 6.07) is 6.89. The fourth-order valence-corrected chi connectivity index (χ4v) is 4.79. The van der Waals surface area contributed by atoms with Gasteiger partial charge < -0.3 is 15.5 Å². The van der Waals surface area contributed by atoms with E-state index in [0.717, 1.165) is 28.1 Å². The summed E-state index contributed by atoms with van der Waals surface area (Å²) in [6.07, 6.45) is 1.39. The lowest BCUT2D eigenvalue weighted by atomic mass is 9.85. The van der Waals surface area contributed by atoms with Crippen LogP contribution in [0.5, 0.6) is 0 Å². The van der Waals surface area contributed by atoms with Gasteiger partial charge in [0.2, 0.25) is 17.7 Å². The SMILES string of the molecule is CC.CC(=O)NC(C(=O)N1CCCC1C(=O)NCc1ccc(-c2scnc2C)cc1)C(C)(C)C. The molecule has 186 valence electrons. The second-order valence-electron chi connectivity index (χ2n) is 9.37. The molecular weight excluding hydrogens is 448 g/mol. The van der Waals surface area contributed by atoms with Crippen molar-refractivity contribution in [3.63, 3.8) is 0 Å². The quantitative estimate of drug-likeness (QED) is 0.637. The topological polar surface area (TPSA) is 91.4 Å². The number of carbonyl (C=O) groups excluding carboxylic acids is 3. The zero-order valence-electron chi connectivity index (χ0n) is 21.4. The summed E-state index contributed by atoms with van der Waals surface area (Å²) in [5.41, 5.74) is 4.49. The molecule has 2 N–H and O–H groups in total. The molecule has 3 rings (SSSR count). The number of hydrogen-bond acceptors (Lipinski definition) is 5. The molecule has 1 aliphatic rings. The van der Waals surface area contributed by atoms with Crippen molar-refractivity contribution in [3.05, 3.63) is 41.0 Å². The van der Waals surface area contributed by atoms with Gasteiger partial charge in [-0.3, -0.25) is 14.4 Å². The normalized spacial score (nSPS) is 16.3. The number of likely N-dealkylation sites (tertiary alicyclic amines) is 1. The van der Waals surface area contributed by atoms with E-state index in [2.05, 4.69) is 15.6 Å². The van der Waals surface area contributed by atoms with E-state index in [9.17, 15) is 14.4 Å². The monoisotopic (exact) mass is 486 g/mol. The molecule has 3 amide bonds. The predicted octanol–water partition coefficient (Wildman–Crippen LogP) is 4.30. The minimum absolute atomic E-state index is 0.159. The number of nitrogens with one attached hydrogen (secondary N) is 2. The molecule has 1 aromatic carbocycles. The maximum atomic E-state index is 13.2. The van der Waals surface area contributed by atoms with E-state index in [1.165, 1.54) is 6.92 Å². The Hall–Kier alpha value is -2.74. The van der Waals surface area contributed by atoms with Crippen molar-refractivity contribution in [2.75, 3.05) is 6.54 Å². The summed E-state index contributed by atoms with van der Waals surface area (Å²) in [5.74, 6) is -0.612. The maximum Gasteiger partial charge on any atom is 0.246 e. The Morgan fingerprint density at radius 3 is 2.35 bits per heavy atom. The highest BCUT2D eigenvalue weighted by Gasteiger charge is 2.41. The van der Waals surface area contributed by atoms with E-state index < -0.39 is 17.5 Å². The summed E-state index contributed by atoms with van der Waals surface area (Å²) >= 11 is 1.61. The molecule has 2 unspecified atom stereocenters. The standard InChI is InChI=1S/C24H32N4O3S.C2H6/c1-15-20(32-14-26-15)18-10-8-17(9-11-18)13-25-22(30)19-7-6-12-28(19)23(31)21(24(3,4)5)27-16(2)29;1-2/h8-11,14,19,21H,6-7,12-13H2,1-5H3,(H,25,30)(H,27,29);1-2H3. The summed E-state index contributed by atoms with van der Waals surface area (Å²) in [5, 5.41) is 5.75. The van der Waals surface area contributed by atoms with E-state index in [-0.39, 0.29) is 17.7 Å². The van der Waals surface area contributed by atoms with Crippen LogP contribution < -0.4 is 10.6 Å². The zero-order valence-corrected chi connectivity index (χ0v) is 22.2. The number of hydrogen-bond donors (Lipinski definition) is 2. The molecule has 0 bridgehead atoms. The molecule has 1 aliphatic heterocycles. The number of carbonyl (C=O) groups is 3. The van der Waals surface area contributed by atoms with Crippen LogP contribution in [0, 0.1) is 12.3 Å². The Morgan fingerprint density at radius 2 is 1.82 bits per heavy atom. The highest BCUT2D eigenvalue weighted by atomic mass is 32.1. The van der Waals surface area contributed by atoms with Gasteiger partial charge in [0, 0.05) is 20.0 Å². The first-order valence-corrected chi connectivity index (χ1v) is 12.8. The predicted molar refractivity (Wildman–Crippen MR) is 137 cm³/mol. The van der Waals surface area contributed by atoms with Crippen LogP contribution >= 0.6 is 11.3 Å². The molecule has 0 saturated carbocycles. The number of rotatable bonds is 6. The first-order valence-electron chi connectivity index (χ1n) is 11.9. The van der Waals surface area contributed by atoms with E-state index in [4.69, 9.17) is 0 Å². The number of benzene rings is 1. The second-order valence-corrected chi connectivity index (χ2v) is 10.2. The van der Waals surface area contributed by atoms with Crippen LogP contribution in [0.25, 0.3) is 10.4 Å². The van der Waals surface area contributed by atoms with Gasteiger partial charge >= 0.3 is 0 Å². The number of thiazole rings is 1. The molecule has 0 spiro atoms. The Kier molecular flexibility index (Phi) is 9.79. The third-order valence-electron chi connectivity index (χ3n) is 5.73. The molecule has 8 heteroatoms. The van der Waals surface area contributed by atoms with Crippen molar-refractivity contribution >= 4 is 29.1 Å². The molecule has 0 radical (unpaired) electrons. The van der Waals surface area contributed by atoms with Gasteiger partial charge in [0.25, 0.3) is 0 Å². The summed E-state index contributed by atoms with van der Waals surface area (Å²) in [7, 11) is 0. The lowest BCUT2D eigenvalue weighted by Gasteiger charge is -2.35. The molecule has 7 nitrogen and oxygen atoms in total. The molecular formula is C26H38N4O3S. The van der Waals surface area contributed by atoms with E-state index >= 15 is 0 Å². The molecule has 1 saturated heterocycles. The highest BCUT2D eigenvalue weighted by molar-refractivity contribution is 7.13. The van der Waals surface area contributed by atoms with E-state index in [1.54, 1.807) is 16.2 Å². The molecule has 2 heterocycles. The Morgan fingerprint density at radius 1 is 1.18 bits per heavy atom. The van der Waals surface area contributed by atoms with Crippen LogP contribution in [0.1, 0.15) is 65.6 Å². The molecule has 2 aromatic rings. The lowest BCUT2D eigenvalue weighted by molar-refractivity contribution is -0.143. The van der Waals surface area contributed by atoms with Crippen molar-refractivity contribution in [1.29, 1.82) is 0 Å². The Labute approximate surface area is 207 Å². The molecule has 34 heavy (non-hydrogen) atoms. The van der Waals surface area contributed by atoms with Crippen molar-refractivity contribution in [2.24, 2.45) is 5.41 Å². The van der Waals surface area contributed by atoms with Crippen molar-refractivity contribution in [2.45, 2.75) is 79.9 Å². The molecule has 1 aromatic heterocycles. The van der Waals surface area contributed by atoms with Crippen LogP contribution in [-0.4, -0.2) is 46.2 Å².